The minimum Gasteiger partial charge on any atom is -0.456 e. The maximum absolute atomic E-state index is 15.5. The summed E-state index contributed by atoms with van der Waals surface area (Å²) in [5.41, 5.74) is 3.15. The highest BCUT2D eigenvalue weighted by atomic mass is 19.1. The van der Waals surface area contributed by atoms with Gasteiger partial charge in [-0.15, -0.1) is 0 Å². The second-order valence-electron chi connectivity index (χ2n) is 9.43. The number of aryl methyl sites for hydroxylation is 1. The van der Waals surface area contributed by atoms with Gasteiger partial charge >= 0.3 is 0 Å². The van der Waals surface area contributed by atoms with Crippen LogP contribution in [0.15, 0.2) is 59.1 Å². The topological polar surface area (TPSA) is 95.3 Å². The molecular weight excluding hydrogens is 494 g/mol. The number of nitrogens with one attached hydrogen (secondary N) is 1. The number of H-pyrrole nitrogens is 1. The van der Waals surface area contributed by atoms with Gasteiger partial charge in [0.2, 0.25) is 11.7 Å². The molecule has 3 atom stereocenters. The summed E-state index contributed by atoms with van der Waals surface area (Å²) >= 11 is 0. The minimum absolute atomic E-state index is 0.000740. The number of nitrogens with zero attached hydrogens (tertiary/aromatic N) is 3. The lowest BCUT2D eigenvalue weighted by atomic mass is 9.98. The molecule has 2 fully saturated rings. The van der Waals surface area contributed by atoms with Gasteiger partial charge in [-0.05, 0) is 23.1 Å². The van der Waals surface area contributed by atoms with Crippen molar-refractivity contribution in [3.8, 4) is 39.7 Å². The first-order valence-electron chi connectivity index (χ1n) is 12.3. The summed E-state index contributed by atoms with van der Waals surface area (Å²) in [6.07, 6.45) is 0.283. The summed E-state index contributed by atoms with van der Waals surface area (Å²) < 4.78 is 53.0. The quantitative estimate of drug-likeness (QED) is 0.331. The third-order valence-corrected chi connectivity index (χ3v) is 7.01. The highest BCUT2D eigenvalue weighted by molar-refractivity contribution is 5.84. The summed E-state index contributed by atoms with van der Waals surface area (Å²) in [5, 5.41) is 3.93. The second-order valence-corrected chi connectivity index (χ2v) is 9.43. The van der Waals surface area contributed by atoms with Gasteiger partial charge in [-0.2, -0.15) is 9.97 Å². The van der Waals surface area contributed by atoms with Crippen LogP contribution in [-0.2, 0) is 9.47 Å². The zero-order valence-electron chi connectivity index (χ0n) is 20.3. The van der Waals surface area contributed by atoms with Crippen molar-refractivity contribution in [1.29, 1.82) is 0 Å². The van der Waals surface area contributed by atoms with E-state index in [-0.39, 0.29) is 40.9 Å². The Morgan fingerprint density at radius 3 is 2.34 bits per heavy atom. The number of aromatic amines is 1. The maximum Gasteiger partial charge on any atom is 0.295 e. The van der Waals surface area contributed by atoms with Crippen LogP contribution in [-0.4, -0.2) is 51.6 Å². The molecule has 2 saturated heterocycles. The molecule has 2 aromatic heterocycles. The van der Waals surface area contributed by atoms with E-state index in [1.165, 1.54) is 6.07 Å². The van der Waals surface area contributed by atoms with E-state index in [2.05, 4.69) is 20.1 Å². The van der Waals surface area contributed by atoms with Gasteiger partial charge in [0.25, 0.3) is 6.01 Å². The molecule has 3 aromatic carbocycles. The molecule has 0 bridgehead atoms. The van der Waals surface area contributed by atoms with Gasteiger partial charge in [-0.3, -0.25) is 0 Å². The monoisotopic (exact) mass is 516 g/mol. The van der Waals surface area contributed by atoms with Crippen molar-refractivity contribution in [2.45, 2.75) is 31.7 Å². The highest BCUT2D eigenvalue weighted by Crippen LogP contribution is 2.35. The molecule has 5 aromatic rings. The van der Waals surface area contributed by atoms with E-state index >= 15 is 8.78 Å². The van der Waals surface area contributed by atoms with Gasteiger partial charge in [0.05, 0.1) is 23.8 Å². The van der Waals surface area contributed by atoms with Crippen LogP contribution >= 0.6 is 0 Å². The number of hydrogen-bond acceptors (Lipinski definition) is 7. The summed E-state index contributed by atoms with van der Waals surface area (Å²) in [6, 6.07) is 16.0. The Morgan fingerprint density at radius 2 is 1.63 bits per heavy atom. The van der Waals surface area contributed by atoms with Crippen molar-refractivity contribution in [3.05, 3.63) is 72.1 Å². The van der Waals surface area contributed by atoms with Gasteiger partial charge in [-0.1, -0.05) is 53.7 Å². The largest absolute Gasteiger partial charge is 0.456 e. The van der Waals surface area contributed by atoms with Crippen LogP contribution in [0.25, 0.3) is 44.7 Å². The third-order valence-electron chi connectivity index (χ3n) is 7.01. The molecule has 0 radical (unpaired) electrons. The lowest BCUT2D eigenvalue weighted by molar-refractivity contribution is 0.0273. The summed E-state index contributed by atoms with van der Waals surface area (Å²) in [7, 11) is 0. The summed E-state index contributed by atoms with van der Waals surface area (Å²) in [6.45, 7) is 2.71. The minimum atomic E-state index is -0.753. The Morgan fingerprint density at radius 1 is 0.921 bits per heavy atom. The highest BCUT2D eigenvalue weighted by Gasteiger charge is 2.43. The van der Waals surface area contributed by atoms with Crippen LogP contribution in [0.2, 0.25) is 0 Å². The molecule has 1 N–H and O–H groups in total. The third kappa shape index (κ3) is 3.93. The fraction of sp³-hybridized carbons (Fsp3) is 0.250. The molecule has 10 heteroatoms. The molecule has 0 saturated carbocycles. The van der Waals surface area contributed by atoms with E-state index < -0.39 is 11.6 Å². The number of imidazole rings is 1. The standard InChI is InChI=1S/C28H22F2N4O4/c1-14-31-27(34-38-14)18-8-4-16(5-9-18)15-2-6-17(7-3-15)23-19(29)12-20-25(24(23)30)33-28(32-20)37-22-13-36-21-10-11-35-26(21)22/h2-9,12,21-22,26H,10-11,13H2,1H3,(H,32,33)/t21-,22?,26+/m1/s1. The van der Waals surface area contributed by atoms with Crippen LogP contribution in [0.1, 0.15) is 12.3 Å². The van der Waals surface area contributed by atoms with Crippen molar-refractivity contribution in [3.63, 3.8) is 0 Å². The molecule has 2 aliphatic heterocycles. The van der Waals surface area contributed by atoms with Crippen molar-refractivity contribution < 1.29 is 27.5 Å². The number of rotatable bonds is 5. The Labute approximate surface area is 215 Å². The van der Waals surface area contributed by atoms with Gasteiger partial charge in [0, 0.05) is 25.2 Å². The predicted octanol–water partition coefficient (Wildman–Crippen LogP) is 5.47. The van der Waals surface area contributed by atoms with Gasteiger partial charge in [0.1, 0.15) is 17.4 Å². The van der Waals surface area contributed by atoms with E-state index in [0.29, 0.717) is 30.5 Å². The summed E-state index contributed by atoms with van der Waals surface area (Å²) in [4.78, 5) is 11.4. The lowest BCUT2D eigenvalue weighted by Gasteiger charge is -2.15. The summed E-state index contributed by atoms with van der Waals surface area (Å²) in [5.74, 6) is -0.432. The van der Waals surface area contributed by atoms with Gasteiger partial charge in [0.15, 0.2) is 11.9 Å². The number of halogens is 2. The number of benzene rings is 3. The van der Waals surface area contributed by atoms with E-state index in [4.69, 9.17) is 18.7 Å². The van der Waals surface area contributed by atoms with E-state index in [1.807, 2.05) is 36.4 Å². The zero-order valence-corrected chi connectivity index (χ0v) is 20.3. The SMILES string of the molecule is Cc1nc(-c2ccc(-c3ccc(-c4c(F)cc5[nH]c(OC6CO[C@@H]7CCO[C@H]67)nc5c4F)cc3)cc2)no1. The Kier molecular flexibility index (Phi) is 5.45. The van der Waals surface area contributed by atoms with Crippen LogP contribution in [0.5, 0.6) is 6.01 Å². The smallest absolute Gasteiger partial charge is 0.295 e. The fourth-order valence-electron chi connectivity index (χ4n) is 5.11. The average Bonchev–Trinajstić information content (AvgIpc) is 3.71. The Bertz CT molecular complexity index is 1630. The molecular formula is C28H22F2N4O4. The van der Waals surface area contributed by atoms with Crippen molar-refractivity contribution >= 4 is 11.0 Å². The molecule has 8 nitrogen and oxygen atoms in total. The van der Waals surface area contributed by atoms with Crippen LogP contribution in [0.3, 0.4) is 0 Å². The molecule has 4 heterocycles. The van der Waals surface area contributed by atoms with Crippen molar-refractivity contribution in [2.24, 2.45) is 0 Å². The van der Waals surface area contributed by atoms with Crippen molar-refractivity contribution in [2.75, 3.05) is 13.2 Å². The second kappa shape index (κ2) is 9.00. The van der Waals surface area contributed by atoms with Crippen LogP contribution in [0, 0.1) is 18.6 Å². The normalized spacial score (nSPS) is 20.8. The number of ether oxygens (including phenoxy) is 3. The molecule has 7 rings (SSSR count). The van der Waals surface area contributed by atoms with E-state index in [0.717, 1.165) is 23.1 Å². The Hall–Kier alpha value is -4.15. The van der Waals surface area contributed by atoms with E-state index in [9.17, 15) is 0 Å². The first kappa shape index (κ1) is 23.0. The average molecular weight is 517 g/mol. The molecule has 0 spiro atoms. The lowest BCUT2D eigenvalue weighted by Crippen LogP contribution is -2.32. The number of fused-ring (bicyclic) bond motifs is 2. The number of aromatic nitrogens is 4. The number of hydrogen-bond donors (Lipinski definition) is 1. The van der Waals surface area contributed by atoms with Crippen LogP contribution < -0.4 is 4.74 Å². The van der Waals surface area contributed by atoms with Crippen molar-refractivity contribution in [1.82, 2.24) is 20.1 Å². The molecule has 1 unspecified atom stereocenters. The molecule has 0 amide bonds. The zero-order chi connectivity index (χ0) is 25.8. The van der Waals surface area contributed by atoms with E-state index in [1.54, 1.807) is 19.1 Å². The van der Waals surface area contributed by atoms with Gasteiger partial charge < -0.3 is 23.7 Å². The predicted molar refractivity (Wildman–Crippen MR) is 133 cm³/mol. The van der Waals surface area contributed by atoms with Crippen LogP contribution in [0.4, 0.5) is 8.78 Å². The molecule has 0 aliphatic carbocycles. The molecule has 192 valence electrons. The van der Waals surface area contributed by atoms with Gasteiger partial charge in [-0.25, -0.2) is 8.78 Å². The first-order valence-corrected chi connectivity index (χ1v) is 12.3. The first-order chi connectivity index (χ1) is 18.5. The maximum atomic E-state index is 15.5. The Balaban J connectivity index is 1.14. The molecule has 2 aliphatic rings. The fourth-order valence-corrected chi connectivity index (χ4v) is 5.11. The molecule has 38 heavy (non-hydrogen) atoms.